The predicted octanol–water partition coefficient (Wildman–Crippen LogP) is 1.79. The second-order valence-corrected chi connectivity index (χ2v) is 3.41. The van der Waals surface area contributed by atoms with E-state index in [1.807, 2.05) is 6.92 Å². The first-order valence-corrected chi connectivity index (χ1v) is 4.96. The largest absolute Gasteiger partial charge is 0.496 e. The Balaban J connectivity index is 3.20. The molecule has 1 N–H and O–H groups in total. The van der Waals surface area contributed by atoms with Crippen LogP contribution in [0.1, 0.15) is 37.2 Å². The molecule has 15 heavy (non-hydrogen) atoms. The molecule has 0 amide bonds. The van der Waals surface area contributed by atoms with Crippen molar-refractivity contribution in [1.29, 1.82) is 0 Å². The molecule has 0 saturated heterocycles. The Kier molecular flexibility index (Phi) is 3.91. The molecule has 0 saturated carbocycles. The zero-order valence-corrected chi connectivity index (χ0v) is 9.24. The van der Waals surface area contributed by atoms with Gasteiger partial charge in [-0.3, -0.25) is 0 Å². The fourth-order valence-corrected chi connectivity index (χ4v) is 1.58. The molecule has 1 atom stereocenters. The number of aryl methyl sites for hydroxylation is 1. The minimum absolute atomic E-state index is 0.393. The van der Waals surface area contributed by atoms with Gasteiger partial charge >= 0.3 is 5.63 Å². The normalized spacial score (nSPS) is 12.5. The van der Waals surface area contributed by atoms with Gasteiger partial charge in [0, 0.05) is 0 Å². The minimum Gasteiger partial charge on any atom is -0.496 e. The molecule has 0 aliphatic heterocycles. The van der Waals surface area contributed by atoms with Crippen LogP contribution in [-0.4, -0.2) is 12.2 Å². The summed E-state index contributed by atoms with van der Waals surface area (Å²) < 4.78 is 9.98. The Morgan fingerprint density at radius 3 is 2.80 bits per heavy atom. The minimum atomic E-state index is -0.644. The quantitative estimate of drug-likeness (QED) is 0.826. The summed E-state index contributed by atoms with van der Waals surface area (Å²) in [6.07, 6.45) is 0.822. The summed E-state index contributed by atoms with van der Waals surface area (Å²) in [5.41, 5.74) is 0.107. The summed E-state index contributed by atoms with van der Waals surface area (Å²) in [6.45, 7) is 3.63. The van der Waals surface area contributed by atoms with Gasteiger partial charge in [-0.2, -0.15) is 0 Å². The summed E-state index contributed by atoms with van der Waals surface area (Å²) in [6, 6.07) is 1.25. The molecule has 0 aliphatic carbocycles. The molecule has 0 unspecified atom stereocenters. The number of hydrogen-bond donors (Lipinski definition) is 1. The van der Waals surface area contributed by atoms with Crippen molar-refractivity contribution in [1.82, 2.24) is 0 Å². The van der Waals surface area contributed by atoms with Crippen molar-refractivity contribution in [2.24, 2.45) is 0 Å². The summed E-state index contributed by atoms with van der Waals surface area (Å²) in [5, 5.41) is 9.86. The Bertz CT molecular complexity index is 381. The number of rotatable bonds is 4. The van der Waals surface area contributed by atoms with Gasteiger partial charge in [0.15, 0.2) is 0 Å². The molecule has 0 fully saturated rings. The number of aliphatic hydroxyl groups is 1. The van der Waals surface area contributed by atoms with Gasteiger partial charge < -0.3 is 14.3 Å². The van der Waals surface area contributed by atoms with Crippen LogP contribution in [-0.2, 0) is 0 Å². The van der Waals surface area contributed by atoms with E-state index in [1.54, 1.807) is 6.92 Å². The van der Waals surface area contributed by atoms with Crippen molar-refractivity contribution in [3.05, 3.63) is 27.8 Å². The average molecular weight is 212 g/mol. The summed E-state index contributed by atoms with van der Waals surface area (Å²) in [5.74, 6) is 0.810. The van der Waals surface area contributed by atoms with E-state index in [9.17, 15) is 9.90 Å². The summed E-state index contributed by atoms with van der Waals surface area (Å²) >= 11 is 0. The van der Waals surface area contributed by atoms with Gasteiger partial charge in [0.05, 0.1) is 24.8 Å². The van der Waals surface area contributed by atoms with Crippen LogP contribution in [0.25, 0.3) is 0 Å². The van der Waals surface area contributed by atoms with Crippen LogP contribution in [0.2, 0.25) is 0 Å². The van der Waals surface area contributed by atoms with Crippen LogP contribution in [0.4, 0.5) is 0 Å². The smallest absolute Gasteiger partial charge is 0.339 e. The van der Waals surface area contributed by atoms with E-state index < -0.39 is 11.7 Å². The van der Waals surface area contributed by atoms with Gasteiger partial charge in [0.1, 0.15) is 11.5 Å². The third-order valence-electron chi connectivity index (χ3n) is 2.26. The molecule has 0 bridgehead atoms. The Labute approximate surface area is 88.5 Å². The lowest BCUT2D eigenvalue weighted by Gasteiger charge is -2.14. The molecule has 1 aromatic rings. The molecule has 4 nitrogen and oxygen atoms in total. The van der Waals surface area contributed by atoms with Crippen LogP contribution < -0.4 is 10.4 Å². The topological polar surface area (TPSA) is 59.7 Å². The fourth-order valence-electron chi connectivity index (χ4n) is 1.58. The zero-order chi connectivity index (χ0) is 11.4. The van der Waals surface area contributed by atoms with E-state index in [4.69, 9.17) is 9.15 Å². The second-order valence-electron chi connectivity index (χ2n) is 3.41. The average Bonchev–Trinajstić information content (AvgIpc) is 2.16. The Morgan fingerprint density at radius 1 is 1.60 bits per heavy atom. The monoisotopic (exact) mass is 212 g/mol. The first kappa shape index (κ1) is 11.8. The summed E-state index contributed by atoms with van der Waals surface area (Å²) in [7, 11) is 1.47. The van der Waals surface area contributed by atoms with Crippen LogP contribution >= 0.6 is 0 Å². The third kappa shape index (κ3) is 2.59. The highest BCUT2D eigenvalue weighted by atomic mass is 16.5. The molecule has 1 heterocycles. The van der Waals surface area contributed by atoms with Crippen molar-refractivity contribution < 1.29 is 14.3 Å². The van der Waals surface area contributed by atoms with Crippen molar-refractivity contribution in [3.8, 4) is 5.75 Å². The van der Waals surface area contributed by atoms with Gasteiger partial charge in [0.2, 0.25) is 0 Å². The molecular formula is C11H16O4. The Morgan fingerprint density at radius 2 is 2.27 bits per heavy atom. The van der Waals surface area contributed by atoms with Crippen molar-refractivity contribution in [2.45, 2.75) is 32.8 Å². The number of hydrogen-bond acceptors (Lipinski definition) is 4. The van der Waals surface area contributed by atoms with E-state index in [1.165, 1.54) is 13.2 Å². The van der Waals surface area contributed by atoms with E-state index in [-0.39, 0.29) is 0 Å². The standard InChI is InChI=1S/C11H16O4/c1-4-5-8(12)11-7(2)15-10(13)6-9(11)14-3/h6,8,12H,4-5H2,1-3H3/t8-/m1/s1. The van der Waals surface area contributed by atoms with E-state index in [0.29, 0.717) is 23.5 Å². The highest BCUT2D eigenvalue weighted by molar-refractivity contribution is 5.35. The molecule has 4 heteroatoms. The third-order valence-corrected chi connectivity index (χ3v) is 2.26. The lowest BCUT2D eigenvalue weighted by molar-refractivity contribution is 0.157. The van der Waals surface area contributed by atoms with Crippen LogP contribution in [0.15, 0.2) is 15.3 Å². The second kappa shape index (κ2) is 4.98. The lowest BCUT2D eigenvalue weighted by atomic mass is 10.0. The van der Waals surface area contributed by atoms with Crippen LogP contribution in [0, 0.1) is 6.92 Å². The van der Waals surface area contributed by atoms with Crippen molar-refractivity contribution >= 4 is 0 Å². The highest BCUT2D eigenvalue weighted by Crippen LogP contribution is 2.29. The maximum absolute atomic E-state index is 11.1. The maximum atomic E-state index is 11.1. The zero-order valence-electron chi connectivity index (χ0n) is 9.24. The van der Waals surface area contributed by atoms with Gasteiger partial charge in [-0.15, -0.1) is 0 Å². The first-order valence-electron chi connectivity index (χ1n) is 4.96. The molecule has 1 aromatic heterocycles. The number of aliphatic hydroxyl groups excluding tert-OH is 1. The maximum Gasteiger partial charge on any atom is 0.339 e. The van der Waals surface area contributed by atoms with Gasteiger partial charge in [0.25, 0.3) is 0 Å². The van der Waals surface area contributed by atoms with Gasteiger partial charge in [-0.1, -0.05) is 13.3 Å². The first-order chi connectivity index (χ1) is 7.10. The molecule has 1 rings (SSSR count). The van der Waals surface area contributed by atoms with Gasteiger partial charge in [-0.25, -0.2) is 4.79 Å². The van der Waals surface area contributed by atoms with E-state index in [2.05, 4.69) is 0 Å². The lowest BCUT2D eigenvalue weighted by Crippen LogP contribution is -2.08. The van der Waals surface area contributed by atoms with Crippen LogP contribution in [0.5, 0.6) is 5.75 Å². The molecule has 0 spiro atoms. The molecule has 0 aromatic carbocycles. The highest BCUT2D eigenvalue weighted by Gasteiger charge is 2.17. The molecule has 0 radical (unpaired) electrons. The van der Waals surface area contributed by atoms with E-state index in [0.717, 1.165) is 6.42 Å². The van der Waals surface area contributed by atoms with Crippen molar-refractivity contribution in [2.75, 3.05) is 7.11 Å². The molecular weight excluding hydrogens is 196 g/mol. The number of ether oxygens (including phenoxy) is 1. The van der Waals surface area contributed by atoms with Crippen LogP contribution in [0.3, 0.4) is 0 Å². The SMILES string of the molecule is CCC[C@@H](O)c1c(OC)cc(=O)oc1C. The molecule has 84 valence electrons. The van der Waals surface area contributed by atoms with Crippen molar-refractivity contribution in [3.63, 3.8) is 0 Å². The summed E-state index contributed by atoms with van der Waals surface area (Å²) in [4.78, 5) is 11.1. The molecule has 0 aliphatic rings. The van der Waals surface area contributed by atoms with E-state index >= 15 is 0 Å². The number of methoxy groups -OCH3 is 1. The Hall–Kier alpha value is -1.29. The van der Waals surface area contributed by atoms with Gasteiger partial charge in [-0.05, 0) is 13.3 Å². The predicted molar refractivity (Wildman–Crippen MR) is 56.1 cm³/mol. The fraction of sp³-hybridized carbons (Fsp3) is 0.545.